The highest BCUT2D eigenvalue weighted by molar-refractivity contribution is 6.01. The van der Waals surface area contributed by atoms with E-state index in [0.29, 0.717) is 11.3 Å². The number of Topliss-reactive ketones (excluding diaryl/α,β-unsaturated/α-hetero) is 2. The maximum absolute atomic E-state index is 12.4. The Balaban J connectivity index is 1.37. The molecule has 1 N–H and O–H groups in total. The number of hydrogen-bond donors (Lipinski definition) is 1. The van der Waals surface area contributed by atoms with Crippen molar-refractivity contribution in [3.63, 3.8) is 0 Å². The standard InChI is InChI=1S/C29H26N2O9/c1-19(28(35)21-6-3-2-4-7-21)40-29(36)22-10-14-23(15-11-22)30-26(33)8-5-9-27(34)39-18-25(32)20-12-16-24(17-13-20)31(37)38/h2-4,6-7,10-17,19H,5,8-9,18H2,1H3,(H,30,33)/t19-/m0/s1. The third-order valence-electron chi connectivity index (χ3n) is 5.66. The second kappa shape index (κ2) is 14.1. The van der Waals surface area contributed by atoms with Crippen LogP contribution in [0.3, 0.4) is 0 Å². The van der Waals surface area contributed by atoms with Crippen molar-refractivity contribution in [3.8, 4) is 0 Å². The van der Waals surface area contributed by atoms with Crippen LogP contribution >= 0.6 is 0 Å². The van der Waals surface area contributed by atoms with Crippen LogP contribution in [0, 0.1) is 10.1 Å². The van der Waals surface area contributed by atoms with Crippen LogP contribution in [0.15, 0.2) is 78.9 Å². The highest BCUT2D eigenvalue weighted by Crippen LogP contribution is 2.15. The summed E-state index contributed by atoms with van der Waals surface area (Å²) < 4.78 is 10.2. The predicted octanol–water partition coefficient (Wildman–Crippen LogP) is 4.56. The van der Waals surface area contributed by atoms with E-state index < -0.39 is 35.4 Å². The molecule has 0 unspecified atom stereocenters. The van der Waals surface area contributed by atoms with Crippen LogP contribution < -0.4 is 5.32 Å². The minimum absolute atomic E-state index is 0.00824. The summed E-state index contributed by atoms with van der Waals surface area (Å²) in [5, 5.41) is 13.3. The number of amides is 1. The normalized spacial score (nSPS) is 11.1. The van der Waals surface area contributed by atoms with Crippen molar-refractivity contribution in [1.82, 2.24) is 0 Å². The van der Waals surface area contributed by atoms with Crippen molar-refractivity contribution in [2.75, 3.05) is 11.9 Å². The van der Waals surface area contributed by atoms with Crippen LogP contribution in [0.4, 0.5) is 11.4 Å². The third-order valence-corrected chi connectivity index (χ3v) is 5.66. The monoisotopic (exact) mass is 546 g/mol. The number of benzene rings is 3. The second-order valence-electron chi connectivity index (χ2n) is 8.64. The molecule has 0 bridgehead atoms. The van der Waals surface area contributed by atoms with E-state index in [-0.39, 0.29) is 47.8 Å². The van der Waals surface area contributed by atoms with Gasteiger partial charge in [-0.1, -0.05) is 30.3 Å². The Morgan fingerprint density at radius 1 is 0.825 bits per heavy atom. The first-order valence-corrected chi connectivity index (χ1v) is 12.3. The Labute approximate surface area is 229 Å². The molecule has 11 heteroatoms. The second-order valence-corrected chi connectivity index (χ2v) is 8.64. The first kappa shape index (κ1) is 29.4. The van der Waals surface area contributed by atoms with Gasteiger partial charge in [0, 0.05) is 41.8 Å². The van der Waals surface area contributed by atoms with Gasteiger partial charge in [0.15, 0.2) is 18.5 Å². The maximum atomic E-state index is 12.4. The number of non-ortho nitro benzene ring substituents is 1. The molecule has 206 valence electrons. The van der Waals surface area contributed by atoms with E-state index in [1.165, 1.54) is 55.5 Å². The van der Waals surface area contributed by atoms with Crippen LogP contribution in [0.1, 0.15) is 57.3 Å². The van der Waals surface area contributed by atoms with Gasteiger partial charge in [0.25, 0.3) is 5.69 Å². The van der Waals surface area contributed by atoms with Gasteiger partial charge in [-0.05, 0) is 49.7 Å². The Bertz CT molecular complexity index is 1390. The zero-order valence-corrected chi connectivity index (χ0v) is 21.5. The molecule has 0 radical (unpaired) electrons. The highest BCUT2D eigenvalue weighted by Gasteiger charge is 2.20. The van der Waals surface area contributed by atoms with Gasteiger partial charge < -0.3 is 14.8 Å². The molecule has 11 nitrogen and oxygen atoms in total. The summed E-state index contributed by atoms with van der Waals surface area (Å²) in [6.07, 6.45) is -0.880. The summed E-state index contributed by atoms with van der Waals surface area (Å²) >= 11 is 0. The summed E-state index contributed by atoms with van der Waals surface area (Å²) in [7, 11) is 0. The minimum atomic E-state index is -0.971. The first-order chi connectivity index (χ1) is 19.1. The van der Waals surface area contributed by atoms with Crippen molar-refractivity contribution < 1.29 is 38.4 Å². The van der Waals surface area contributed by atoms with Gasteiger partial charge in [0.05, 0.1) is 10.5 Å². The van der Waals surface area contributed by atoms with E-state index in [4.69, 9.17) is 9.47 Å². The molecule has 3 aromatic carbocycles. The maximum Gasteiger partial charge on any atom is 0.338 e. The van der Waals surface area contributed by atoms with Crippen LogP contribution in [-0.2, 0) is 19.1 Å². The summed E-state index contributed by atoms with van der Waals surface area (Å²) in [6.45, 7) is 0.977. The number of ketones is 2. The number of rotatable bonds is 13. The number of nitrogens with zero attached hydrogens (tertiary/aromatic N) is 1. The van der Waals surface area contributed by atoms with Gasteiger partial charge >= 0.3 is 11.9 Å². The Kier molecular flexibility index (Phi) is 10.4. The number of nitro groups is 1. The lowest BCUT2D eigenvalue weighted by Gasteiger charge is -2.12. The van der Waals surface area contributed by atoms with Crippen LogP contribution in [0.25, 0.3) is 0 Å². The molecule has 0 saturated heterocycles. The summed E-state index contributed by atoms with van der Waals surface area (Å²) in [6, 6.07) is 19.3. The topological polar surface area (TPSA) is 159 Å². The lowest BCUT2D eigenvalue weighted by molar-refractivity contribution is -0.384. The van der Waals surface area contributed by atoms with Crippen molar-refractivity contribution in [3.05, 3.63) is 106 Å². The number of nitro benzene ring substituents is 1. The third kappa shape index (κ3) is 8.69. The van der Waals surface area contributed by atoms with Gasteiger partial charge in [0.2, 0.25) is 11.7 Å². The van der Waals surface area contributed by atoms with Crippen LogP contribution in [0.2, 0.25) is 0 Å². The quantitative estimate of drug-likeness (QED) is 0.140. The molecule has 0 aromatic heterocycles. The lowest BCUT2D eigenvalue weighted by Crippen LogP contribution is -2.24. The molecule has 1 amide bonds. The van der Waals surface area contributed by atoms with E-state index in [1.54, 1.807) is 30.3 Å². The molecular weight excluding hydrogens is 520 g/mol. The van der Waals surface area contributed by atoms with Crippen LogP contribution in [0.5, 0.6) is 0 Å². The number of hydrogen-bond acceptors (Lipinski definition) is 9. The molecule has 0 heterocycles. The number of anilines is 1. The van der Waals surface area contributed by atoms with Crippen molar-refractivity contribution in [2.45, 2.75) is 32.3 Å². The Hall–Kier alpha value is -5.19. The average Bonchev–Trinajstić information content (AvgIpc) is 2.96. The molecule has 0 aliphatic carbocycles. The van der Waals surface area contributed by atoms with E-state index in [2.05, 4.69) is 5.32 Å². The zero-order chi connectivity index (χ0) is 29.1. The van der Waals surface area contributed by atoms with E-state index in [9.17, 15) is 34.1 Å². The van der Waals surface area contributed by atoms with Gasteiger partial charge in [-0.15, -0.1) is 0 Å². The zero-order valence-electron chi connectivity index (χ0n) is 21.5. The van der Waals surface area contributed by atoms with Crippen molar-refractivity contribution in [2.24, 2.45) is 0 Å². The molecule has 3 aromatic rings. The number of carbonyl (C=O) groups is 5. The molecule has 3 rings (SSSR count). The molecule has 1 atom stereocenters. The predicted molar refractivity (Wildman–Crippen MR) is 143 cm³/mol. The molecule has 0 spiro atoms. The summed E-state index contributed by atoms with van der Waals surface area (Å²) in [5.41, 5.74) is 1.08. The fraction of sp³-hybridized carbons (Fsp3) is 0.207. The van der Waals surface area contributed by atoms with Crippen LogP contribution in [-0.4, -0.2) is 47.0 Å². The Morgan fingerprint density at radius 2 is 1.45 bits per heavy atom. The number of esters is 2. The lowest BCUT2D eigenvalue weighted by atomic mass is 10.1. The molecular formula is C29H26N2O9. The molecule has 0 aliphatic heterocycles. The van der Waals surface area contributed by atoms with Crippen molar-refractivity contribution >= 4 is 40.8 Å². The number of ether oxygens (including phenoxy) is 2. The molecule has 0 fully saturated rings. The molecule has 0 aliphatic rings. The molecule has 0 saturated carbocycles. The SMILES string of the molecule is C[C@H](OC(=O)c1ccc(NC(=O)CCCC(=O)OCC(=O)c2ccc([N+](=O)[O-])cc2)cc1)C(=O)c1ccccc1. The first-order valence-electron chi connectivity index (χ1n) is 12.3. The Morgan fingerprint density at radius 3 is 2.08 bits per heavy atom. The fourth-order valence-electron chi connectivity index (χ4n) is 3.50. The minimum Gasteiger partial charge on any atom is -0.457 e. The number of carbonyl (C=O) groups excluding carboxylic acids is 5. The number of nitrogens with one attached hydrogen (secondary N) is 1. The molecule has 40 heavy (non-hydrogen) atoms. The largest absolute Gasteiger partial charge is 0.457 e. The smallest absolute Gasteiger partial charge is 0.338 e. The van der Waals surface area contributed by atoms with E-state index >= 15 is 0 Å². The summed E-state index contributed by atoms with van der Waals surface area (Å²) in [5.74, 6) is -2.54. The van der Waals surface area contributed by atoms with Gasteiger partial charge in [-0.3, -0.25) is 29.3 Å². The summed E-state index contributed by atoms with van der Waals surface area (Å²) in [4.78, 5) is 71.0. The van der Waals surface area contributed by atoms with Gasteiger partial charge in [-0.2, -0.15) is 0 Å². The van der Waals surface area contributed by atoms with Crippen molar-refractivity contribution in [1.29, 1.82) is 0 Å². The van der Waals surface area contributed by atoms with E-state index in [1.807, 2.05) is 0 Å². The fourth-order valence-corrected chi connectivity index (χ4v) is 3.50. The highest BCUT2D eigenvalue weighted by atomic mass is 16.6. The van der Waals surface area contributed by atoms with Gasteiger partial charge in [-0.25, -0.2) is 4.79 Å². The van der Waals surface area contributed by atoms with Gasteiger partial charge in [0.1, 0.15) is 0 Å². The van der Waals surface area contributed by atoms with E-state index in [0.717, 1.165) is 0 Å². The average molecular weight is 547 g/mol.